The van der Waals surface area contributed by atoms with Crippen molar-refractivity contribution in [2.75, 3.05) is 18.1 Å². The number of nitrogens with one attached hydrogen (secondary N) is 1. The molecule has 1 N–H and O–H groups in total. The summed E-state index contributed by atoms with van der Waals surface area (Å²) in [6.45, 7) is 2.41. The molecule has 1 unspecified atom stereocenters. The van der Waals surface area contributed by atoms with E-state index in [9.17, 15) is 4.21 Å². The summed E-state index contributed by atoms with van der Waals surface area (Å²) >= 11 is 0. The maximum Gasteiger partial charge on any atom is 0.321 e. The predicted molar refractivity (Wildman–Crippen MR) is 53.6 cm³/mol. The van der Waals surface area contributed by atoms with E-state index >= 15 is 0 Å². The molecule has 1 heterocycles. The topological polar surface area (TPSA) is 68.0 Å². The van der Waals surface area contributed by atoms with Gasteiger partial charge in [0.25, 0.3) is 0 Å². The van der Waals surface area contributed by atoms with Crippen LogP contribution in [0.4, 0.5) is 6.01 Å². The van der Waals surface area contributed by atoms with Crippen molar-refractivity contribution in [3.05, 3.63) is 5.82 Å². The molecule has 1 atom stereocenters. The van der Waals surface area contributed by atoms with Crippen LogP contribution in [0.2, 0.25) is 0 Å². The second kappa shape index (κ2) is 3.34. The number of rotatable bonds is 4. The van der Waals surface area contributed by atoms with Crippen molar-refractivity contribution in [2.24, 2.45) is 0 Å². The molecule has 1 saturated carbocycles. The first kappa shape index (κ1) is 9.64. The molecule has 6 heteroatoms. The van der Waals surface area contributed by atoms with Gasteiger partial charge in [-0.3, -0.25) is 4.21 Å². The van der Waals surface area contributed by atoms with Crippen LogP contribution in [-0.2, 0) is 10.8 Å². The summed E-state index contributed by atoms with van der Waals surface area (Å²) in [5.74, 6) is 0.606. The average molecular weight is 215 g/mol. The Morgan fingerprint density at radius 2 is 2.36 bits per heavy atom. The molecule has 2 rings (SSSR count). The van der Waals surface area contributed by atoms with Gasteiger partial charge in [-0.15, -0.1) is 0 Å². The van der Waals surface area contributed by atoms with Gasteiger partial charge in [0, 0.05) is 23.6 Å². The molecule has 14 heavy (non-hydrogen) atoms. The number of nitrogens with zero attached hydrogens (tertiary/aromatic N) is 2. The van der Waals surface area contributed by atoms with Gasteiger partial charge in [0.1, 0.15) is 0 Å². The second-order valence-electron chi connectivity index (χ2n) is 3.64. The van der Waals surface area contributed by atoms with E-state index in [1.165, 1.54) is 0 Å². The van der Waals surface area contributed by atoms with E-state index < -0.39 is 10.8 Å². The molecular weight excluding hydrogens is 202 g/mol. The number of aryl methyl sites for hydroxylation is 1. The lowest BCUT2D eigenvalue weighted by atomic mass is 10.4. The Morgan fingerprint density at radius 3 is 2.79 bits per heavy atom. The maximum absolute atomic E-state index is 11.4. The molecule has 0 radical (unpaired) electrons. The minimum Gasteiger partial charge on any atom is -0.336 e. The van der Waals surface area contributed by atoms with E-state index in [2.05, 4.69) is 15.5 Å². The predicted octanol–water partition coefficient (Wildman–Crippen LogP) is 0.701. The van der Waals surface area contributed by atoms with E-state index in [4.69, 9.17) is 4.52 Å². The van der Waals surface area contributed by atoms with Crippen molar-refractivity contribution in [3.8, 4) is 0 Å². The van der Waals surface area contributed by atoms with Crippen LogP contribution >= 0.6 is 0 Å². The molecule has 1 aliphatic rings. The van der Waals surface area contributed by atoms with Crippen LogP contribution in [-0.4, -0.2) is 31.9 Å². The van der Waals surface area contributed by atoms with Crippen molar-refractivity contribution in [1.29, 1.82) is 0 Å². The highest BCUT2D eigenvalue weighted by Crippen LogP contribution is 2.40. The first-order valence-corrected chi connectivity index (χ1v) is 6.06. The Bertz CT molecular complexity index is 359. The molecule has 1 aliphatic carbocycles. The van der Waals surface area contributed by atoms with Crippen LogP contribution in [0.1, 0.15) is 18.7 Å². The second-order valence-corrected chi connectivity index (χ2v) is 5.41. The van der Waals surface area contributed by atoms with Crippen molar-refractivity contribution in [2.45, 2.75) is 24.5 Å². The molecular formula is C8H13N3O2S. The van der Waals surface area contributed by atoms with Crippen molar-refractivity contribution < 1.29 is 8.73 Å². The van der Waals surface area contributed by atoms with Gasteiger partial charge < -0.3 is 9.84 Å². The molecule has 0 spiro atoms. The third-order valence-corrected chi connectivity index (χ3v) is 4.28. The fourth-order valence-corrected chi connectivity index (χ4v) is 2.26. The molecule has 0 aliphatic heterocycles. The number of anilines is 1. The Kier molecular flexibility index (Phi) is 2.30. The monoisotopic (exact) mass is 215 g/mol. The largest absolute Gasteiger partial charge is 0.336 e. The highest BCUT2D eigenvalue weighted by molar-refractivity contribution is 7.86. The van der Waals surface area contributed by atoms with Gasteiger partial charge in [-0.05, 0) is 19.8 Å². The van der Waals surface area contributed by atoms with Crippen LogP contribution < -0.4 is 5.32 Å². The number of hydrogen-bond acceptors (Lipinski definition) is 5. The standard InChI is InChI=1S/C8H13N3O2S/c1-6-10-7(13-11-6)9-5-8(3-4-8)14(2)12/h3-5H2,1-2H3,(H,9,10,11). The van der Waals surface area contributed by atoms with Crippen LogP contribution in [0.15, 0.2) is 4.52 Å². The van der Waals surface area contributed by atoms with Gasteiger partial charge in [-0.1, -0.05) is 5.16 Å². The molecule has 78 valence electrons. The zero-order valence-electron chi connectivity index (χ0n) is 8.24. The molecule has 1 aromatic heterocycles. The Labute approximate surface area is 84.7 Å². The van der Waals surface area contributed by atoms with E-state index in [1.54, 1.807) is 13.2 Å². The first-order valence-electron chi connectivity index (χ1n) is 4.50. The summed E-state index contributed by atoms with van der Waals surface area (Å²) in [6, 6.07) is 0.416. The number of hydrogen-bond donors (Lipinski definition) is 1. The molecule has 1 fully saturated rings. The zero-order valence-corrected chi connectivity index (χ0v) is 9.06. The fraction of sp³-hybridized carbons (Fsp3) is 0.750. The summed E-state index contributed by atoms with van der Waals surface area (Å²) in [5, 5.41) is 6.67. The maximum atomic E-state index is 11.4. The minimum absolute atomic E-state index is 0.0532. The van der Waals surface area contributed by atoms with E-state index in [0.29, 0.717) is 18.4 Å². The molecule has 0 bridgehead atoms. The Hall–Kier alpha value is -0.910. The highest BCUT2D eigenvalue weighted by Gasteiger charge is 2.46. The lowest BCUT2D eigenvalue weighted by molar-refractivity contribution is 0.425. The van der Waals surface area contributed by atoms with E-state index in [1.807, 2.05) is 0 Å². The first-order chi connectivity index (χ1) is 6.62. The summed E-state index contributed by atoms with van der Waals surface area (Å²) in [7, 11) is -0.784. The lowest BCUT2D eigenvalue weighted by Gasteiger charge is -2.10. The van der Waals surface area contributed by atoms with Gasteiger partial charge >= 0.3 is 6.01 Å². The Morgan fingerprint density at radius 1 is 1.64 bits per heavy atom. The van der Waals surface area contributed by atoms with Crippen molar-refractivity contribution >= 4 is 16.8 Å². The summed E-state index contributed by atoms with van der Waals surface area (Å²) < 4.78 is 16.2. The summed E-state index contributed by atoms with van der Waals surface area (Å²) in [5.41, 5.74) is 0. The minimum atomic E-state index is -0.784. The summed E-state index contributed by atoms with van der Waals surface area (Å²) in [6.07, 6.45) is 3.76. The molecule has 0 aromatic carbocycles. The smallest absolute Gasteiger partial charge is 0.321 e. The van der Waals surface area contributed by atoms with Crippen LogP contribution in [0.3, 0.4) is 0 Å². The van der Waals surface area contributed by atoms with Gasteiger partial charge in [0.05, 0.1) is 4.75 Å². The van der Waals surface area contributed by atoms with Gasteiger partial charge in [0.15, 0.2) is 5.82 Å². The molecule has 5 nitrogen and oxygen atoms in total. The molecule has 0 amide bonds. The van der Waals surface area contributed by atoms with E-state index in [0.717, 1.165) is 12.8 Å². The normalized spacial score (nSPS) is 20.4. The van der Waals surface area contributed by atoms with Gasteiger partial charge in [0.2, 0.25) is 0 Å². The number of aromatic nitrogens is 2. The van der Waals surface area contributed by atoms with E-state index in [-0.39, 0.29) is 4.75 Å². The van der Waals surface area contributed by atoms with Crippen molar-refractivity contribution in [1.82, 2.24) is 10.1 Å². The van der Waals surface area contributed by atoms with Gasteiger partial charge in [-0.25, -0.2) is 0 Å². The van der Waals surface area contributed by atoms with Crippen molar-refractivity contribution in [3.63, 3.8) is 0 Å². The third-order valence-electron chi connectivity index (χ3n) is 2.51. The average Bonchev–Trinajstić information content (AvgIpc) is 2.82. The van der Waals surface area contributed by atoms with Gasteiger partial charge in [-0.2, -0.15) is 4.98 Å². The zero-order chi connectivity index (χ0) is 10.2. The lowest BCUT2D eigenvalue weighted by Crippen LogP contribution is -2.26. The van der Waals surface area contributed by atoms with Crippen LogP contribution in [0.5, 0.6) is 0 Å². The SMILES string of the molecule is Cc1noc(NCC2(S(C)=O)CC2)n1. The fourth-order valence-electron chi connectivity index (χ4n) is 1.31. The van der Waals surface area contributed by atoms with Crippen LogP contribution in [0.25, 0.3) is 0 Å². The molecule has 1 aromatic rings. The third kappa shape index (κ3) is 1.79. The quantitative estimate of drug-likeness (QED) is 0.800. The molecule has 0 saturated heterocycles. The Balaban J connectivity index is 1.92. The highest BCUT2D eigenvalue weighted by atomic mass is 32.2. The van der Waals surface area contributed by atoms with Crippen LogP contribution in [0, 0.1) is 6.92 Å². The summed E-state index contributed by atoms with van der Waals surface area (Å²) in [4.78, 5) is 4.01.